The summed E-state index contributed by atoms with van der Waals surface area (Å²) in [6.45, 7) is 3.88. The van der Waals surface area contributed by atoms with E-state index in [2.05, 4.69) is 16.0 Å². The zero-order valence-corrected chi connectivity index (χ0v) is 15.2. The first-order valence-corrected chi connectivity index (χ1v) is 8.47. The van der Waals surface area contributed by atoms with Gasteiger partial charge in [-0.1, -0.05) is 36.4 Å². The van der Waals surface area contributed by atoms with Crippen LogP contribution in [0.4, 0.5) is 11.4 Å². The summed E-state index contributed by atoms with van der Waals surface area (Å²) in [5, 5.41) is 19.6. The second-order valence-corrected chi connectivity index (χ2v) is 6.05. The van der Waals surface area contributed by atoms with Crippen LogP contribution in [0.3, 0.4) is 0 Å². The number of benzene rings is 2. The molecule has 0 bridgehead atoms. The van der Waals surface area contributed by atoms with Crippen molar-refractivity contribution in [3.8, 4) is 0 Å². The first-order chi connectivity index (χ1) is 12.9. The number of nitrogens with one attached hydrogen (secondary N) is 3. The van der Waals surface area contributed by atoms with E-state index < -0.39 is 16.9 Å². The molecule has 0 saturated heterocycles. The van der Waals surface area contributed by atoms with Crippen LogP contribution in [-0.4, -0.2) is 29.8 Å². The molecule has 27 heavy (non-hydrogen) atoms. The maximum atomic E-state index is 12.8. The van der Waals surface area contributed by atoms with Crippen molar-refractivity contribution >= 4 is 23.2 Å². The summed E-state index contributed by atoms with van der Waals surface area (Å²) in [5.74, 6) is -0.580. The fraction of sp³-hybridized carbons (Fsp3) is 0.263. The Balaban J connectivity index is 2.19. The van der Waals surface area contributed by atoms with E-state index in [1.165, 1.54) is 19.1 Å². The number of nitro groups is 1. The first kappa shape index (κ1) is 20.1. The van der Waals surface area contributed by atoms with Gasteiger partial charge in [-0.15, -0.1) is 0 Å². The lowest BCUT2D eigenvalue weighted by Gasteiger charge is -2.19. The van der Waals surface area contributed by atoms with Crippen molar-refractivity contribution in [2.45, 2.75) is 19.9 Å². The van der Waals surface area contributed by atoms with Gasteiger partial charge in [-0.3, -0.25) is 19.7 Å². The molecule has 8 heteroatoms. The minimum atomic E-state index is -0.721. The smallest absolute Gasteiger partial charge is 0.293 e. The van der Waals surface area contributed by atoms with Crippen LogP contribution in [-0.2, 0) is 9.59 Å². The molecule has 0 fully saturated rings. The average molecular weight is 370 g/mol. The van der Waals surface area contributed by atoms with Gasteiger partial charge in [-0.25, -0.2) is 0 Å². The summed E-state index contributed by atoms with van der Waals surface area (Å²) in [5.41, 5.74) is 1.42. The highest BCUT2D eigenvalue weighted by molar-refractivity contribution is 5.97. The fourth-order valence-electron chi connectivity index (χ4n) is 2.57. The maximum absolute atomic E-state index is 12.8. The van der Waals surface area contributed by atoms with E-state index in [1.54, 1.807) is 37.3 Å². The van der Waals surface area contributed by atoms with Crippen LogP contribution in [0.25, 0.3) is 0 Å². The number of carbonyl (C=O) groups is 2. The standard InChI is InChI=1S/C19H22N4O4/c1-13-8-9-16(17(12-13)23(26)27)22-19(25)18(15-6-4-3-5-7-15)21-11-10-20-14(2)24/h3-9,12,18,21H,10-11H2,1-2H3,(H,20,24)(H,22,25). The summed E-state index contributed by atoms with van der Waals surface area (Å²) in [7, 11) is 0. The topological polar surface area (TPSA) is 113 Å². The molecule has 0 radical (unpaired) electrons. The Hall–Kier alpha value is -3.26. The molecule has 0 spiro atoms. The van der Waals surface area contributed by atoms with E-state index in [0.717, 1.165) is 5.56 Å². The summed E-state index contributed by atoms with van der Waals surface area (Å²) < 4.78 is 0. The number of hydrogen-bond acceptors (Lipinski definition) is 5. The summed E-state index contributed by atoms with van der Waals surface area (Å²) in [6.07, 6.45) is 0. The van der Waals surface area contributed by atoms with E-state index in [0.29, 0.717) is 18.7 Å². The minimum absolute atomic E-state index is 0.139. The first-order valence-electron chi connectivity index (χ1n) is 8.47. The summed E-state index contributed by atoms with van der Waals surface area (Å²) in [6, 6.07) is 12.9. The molecule has 0 saturated carbocycles. The number of amides is 2. The third-order valence-electron chi connectivity index (χ3n) is 3.85. The van der Waals surface area contributed by atoms with Gasteiger partial charge in [0.25, 0.3) is 5.69 Å². The lowest BCUT2D eigenvalue weighted by molar-refractivity contribution is -0.384. The Bertz CT molecular complexity index is 824. The molecule has 8 nitrogen and oxygen atoms in total. The van der Waals surface area contributed by atoms with Crippen LogP contribution in [0.1, 0.15) is 24.1 Å². The van der Waals surface area contributed by atoms with E-state index in [9.17, 15) is 19.7 Å². The Kier molecular flexibility index (Phi) is 7.01. The number of carbonyl (C=O) groups excluding carboxylic acids is 2. The van der Waals surface area contributed by atoms with Crippen LogP contribution in [0.15, 0.2) is 48.5 Å². The summed E-state index contributed by atoms with van der Waals surface area (Å²) >= 11 is 0. The number of hydrogen-bond donors (Lipinski definition) is 3. The van der Waals surface area contributed by atoms with Gasteiger partial charge in [-0.05, 0) is 24.1 Å². The van der Waals surface area contributed by atoms with Crippen molar-refractivity contribution in [1.82, 2.24) is 10.6 Å². The normalized spacial score (nSPS) is 11.5. The number of nitro benzene ring substituents is 1. The molecule has 2 amide bonds. The average Bonchev–Trinajstić information content (AvgIpc) is 2.63. The van der Waals surface area contributed by atoms with Gasteiger partial charge in [0.2, 0.25) is 11.8 Å². The second-order valence-electron chi connectivity index (χ2n) is 6.05. The van der Waals surface area contributed by atoms with Crippen LogP contribution in [0.5, 0.6) is 0 Å². The number of aryl methyl sites for hydroxylation is 1. The molecule has 0 aliphatic heterocycles. The molecule has 2 rings (SSSR count). The molecule has 1 unspecified atom stereocenters. The molecule has 2 aromatic rings. The van der Waals surface area contributed by atoms with Gasteiger partial charge < -0.3 is 16.0 Å². The molecular weight excluding hydrogens is 348 g/mol. The number of rotatable bonds is 8. The van der Waals surface area contributed by atoms with Gasteiger partial charge in [0, 0.05) is 26.1 Å². The van der Waals surface area contributed by atoms with Gasteiger partial charge in [0.05, 0.1) is 4.92 Å². The molecule has 3 N–H and O–H groups in total. The molecular formula is C19H22N4O4. The molecule has 1 atom stereocenters. The molecule has 0 heterocycles. The highest BCUT2D eigenvalue weighted by atomic mass is 16.6. The molecule has 0 aromatic heterocycles. The lowest BCUT2D eigenvalue weighted by atomic mass is 10.1. The SMILES string of the molecule is CC(=O)NCCNC(C(=O)Nc1ccc(C)cc1[N+](=O)[O-])c1ccccc1. The monoisotopic (exact) mass is 370 g/mol. The van der Waals surface area contributed by atoms with Crippen molar-refractivity contribution < 1.29 is 14.5 Å². The van der Waals surface area contributed by atoms with Crippen molar-refractivity contribution in [1.29, 1.82) is 0 Å². The molecule has 0 aliphatic carbocycles. The van der Waals surface area contributed by atoms with Crippen molar-refractivity contribution in [3.63, 3.8) is 0 Å². The van der Waals surface area contributed by atoms with E-state index >= 15 is 0 Å². The van der Waals surface area contributed by atoms with Crippen LogP contribution in [0, 0.1) is 17.0 Å². The number of anilines is 1. The summed E-state index contributed by atoms with van der Waals surface area (Å²) in [4.78, 5) is 34.5. The predicted octanol–water partition coefficient (Wildman–Crippen LogP) is 2.31. The Morgan fingerprint density at radius 2 is 1.81 bits per heavy atom. The second kappa shape index (κ2) is 9.44. The Labute approximate surface area is 157 Å². The zero-order chi connectivity index (χ0) is 19.8. The maximum Gasteiger partial charge on any atom is 0.293 e. The van der Waals surface area contributed by atoms with E-state index in [-0.39, 0.29) is 17.3 Å². The molecule has 142 valence electrons. The van der Waals surface area contributed by atoms with Crippen LogP contribution >= 0.6 is 0 Å². The highest BCUT2D eigenvalue weighted by Crippen LogP contribution is 2.26. The largest absolute Gasteiger partial charge is 0.355 e. The quantitative estimate of drug-likeness (QED) is 0.375. The van der Waals surface area contributed by atoms with Crippen LogP contribution in [0.2, 0.25) is 0 Å². The van der Waals surface area contributed by atoms with E-state index in [1.807, 2.05) is 6.07 Å². The Morgan fingerprint density at radius 1 is 1.11 bits per heavy atom. The van der Waals surface area contributed by atoms with Gasteiger partial charge >= 0.3 is 0 Å². The zero-order valence-electron chi connectivity index (χ0n) is 15.2. The van der Waals surface area contributed by atoms with Crippen LogP contribution < -0.4 is 16.0 Å². The third kappa shape index (κ3) is 5.89. The van der Waals surface area contributed by atoms with Crippen molar-refractivity contribution in [2.75, 3.05) is 18.4 Å². The van der Waals surface area contributed by atoms with E-state index in [4.69, 9.17) is 0 Å². The molecule has 0 aliphatic rings. The lowest BCUT2D eigenvalue weighted by Crippen LogP contribution is -2.38. The highest BCUT2D eigenvalue weighted by Gasteiger charge is 2.23. The predicted molar refractivity (Wildman–Crippen MR) is 102 cm³/mol. The number of nitrogens with zero attached hydrogens (tertiary/aromatic N) is 1. The molecule has 2 aromatic carbocycles. The Morgan fingerprint density at radius 3 is 2.44 bits per heavy atom. The third-order valence-corrected chi connectivity index (χ3v) is 3.85. The van der Waals surface area contributed by atoms with Crippen molar-refractivity contribution in [2.24, 2.45) is 0 Å². The fourth-order valence-corrected chi connectivity index (χ4v) is 2.57. The van der Waals surface area contributed by atoms with Crippen molar-refractivity contribution in [3.05, 3.63) is 69.8 Å². The van der Waals surface area contributed by atoms with Gasteiger partial charge in [0.1, 0.15) is 11.7 Å². The van der Waals surface area contributed by atoms with Gasteiger partial charge in [-0.2, -0.15) is 0 Å². The van der Waals surface area contributed by atoms with Gasteiger partial charge in [0.15, 0.2) is 0 Å². The minimum Gasteiger partial charge on any atom is -0.355 e.